The maximum atomic E-state index is 12.9. The number of hydrogen-bond acceptors (Lipinski definition) is 5. The summed E-state index contributed by atoms with van der Waals surface area (Å²) < 4.78 is 5.81. The Labute approximate surface area is 145 Å². The van der Waals surface area contributed by atoms with Crippen molar-refractivity contribution in [3.63, 3.8) is 0 Å². The molecule has 7 heteroatoms. The highest BCUT2D eigenvalue weighted by atomic mass is 16.5. The molecule has 0 saturated carbocycles. The fourth-order valence-electron chi connectivity index (χ4n) is 3.14. The average molecular weight is 337 g/mol. The molecule has 4 rings (SSSR count). The third-order valence-corrected chi connectivity index (χ3v) is 4.31. The third-order valence-electron chi connectivity index (χ3n) is 4.31. The molecule has 1 saturated heterocycles. The molecule has 3 aromatic rings. The van der Waals surface area contributed by atoms with Crippen molar-refractivity contribution in [1.29, 1.82) is 0 Å². The van der Waals surface area contributed by atoms with Gasteiger partial charge >= 0.3 is 0 Å². The zero-order chi connectivity index (χ0) is 17.4. The van der Waals surface area contributed by atoms with Crippen molar-refractivity contribution in [3.05, 3.63) is 53.4 Å². The molecule has 7 nitrogen and oxygen atoms in total. The molecule has 1 atom stereocenters. The minimum Gasteiger partial charge on any atom is -0.367 e. The lowest BCUT2D eigenvalue weighted by molar-refractivity contribution is -0.0269. The Kier molecular flexibility index (Phi) is 3.93. The van der Waals surface area contributed by atoms with E-state index in [1.54, 1.807) is 11.2 Å². The number of amides is 1. The number of fused-ring (bicyclic) bond motifs is 1. The Morgan fingerprint density at radius 2 is 2.04 bits per heavy atom. The predicted molar refractivity (Wildman–Crippen MR) is 92.2 cm³/mol. The van der Waals surface area contributed by atoms with Gasteiger partial charge in [-0.2, -0.15) is 0 Å². The quantitative estimate of drug-likeness (QED) is 0.775. The van der Waals surface area contributed by atoms with Gasteiger partial charge in [-0.15, -0.1) is 0 Å². The highest BCUT2D eigenvalue weighted by Crippen LogP contribution is 2.22. The number of nitrogens with zero attached hydrogens (tertiary/aromatic N) is 4. The summed E-state index contributed by atoms with van der Waals surface area (Å²) in [6, 6.07) is 7.42. The normalized spacial score (nSPS) is 17.8. The van der Waals surface area contributed by atoms with Crippen LogP contribution in [0.15, 0.2) is 30.6 Å². The summed E-state index contributed by atoms with van der Waals surface area (Å²) in [6.07, 6.45) is 1.33. The lowest BCUT2D eigenvalue weighted by atomic mass is 10.1. The number of aromatic nitrogens is 4. The largest absolute Gasteiger partial charge is 0.367 e. The van der Waals surface area contributed by atoms with Crippen molar-refractivity contribution in [2.45, 2.75) is 20.0 Å². The molecule has 1 aliphatic heterocycles. The van der Waals surface area contributed by atoms with E-state index in [9.17, 15) is 4.79 Å². The zero-order valence-electron chi connectivity index (χ0n) is 14.2. The Bertz CT molecular complexity index is 916. The van der Waals surface area contributed by atoms with E-state index >= 15 is 0 Å². The lowest BCUT2D eigenvalue weighted by Crippen LogP contribution is -2.42. The van der Waals surface area contributed by atoms with Gasteiger partial charge in [0.25, 0.3) is 5.91 Å². The Hall–Kier alpha value is -2.80. The number of carbonyl (C=O) groups excluding carboxylic acids is 1. The van der Waals surface area contributed by atoms with Crippen molar-refractivity contribution in [2.24, 2.45) is 0 Å². The van der Waals surface area contributed by atoms with Crippen LogP contribution in [-0.4, -0.2) is 50.4 Å². The minimum absolute atomic E-state index is 0.0193. The second-order valence-corrected chi connectivity index (χ2v) is 6.25. The summed E-state index contributed by atoms with van der Waals surface area (Å²) in [6.45, 7) is 5.34. The van der Waals surface area contributed by atoms with Crippen LogP contribution in [0, 0.1) is 13.8 Å². The van der Waals surface area contributed by atoms with Crippen LogP contribution in [0.25, 0.3) is 11.0 Å². The number of imidazole rings is 1. The highest BCUT2D eigenvalue weighted by Gasteiger charge is 2.28. The first kappa shape index (κ1) is 15.7. The molecule has 1 aliphatic rings. The maximum absolute atomic E-state index is 12.9. The van der Waals surface area contributed by atoms with E-state index < -0.39 is 0 Å². The Balaban J connectivity index is 1.56. The van der Waals surface area contributed by atoms with Gasteiger partial charge in [0.1, 0.15) is 6.10 Å². The number of ether oxygens (including phenoxy) is 1. The van der Waals surface area contributed by atoms with Crippen molar-refractivity contribution in [2.75, 3.05) is 19.7 Å². The van der Waals surface area contributed by atoms with Crippen LogP contribution in [-0.2, 0) is 4.74 Å². The number of aryl methyl sites for hydroxylation is 2. The number of aromatic amines is 1. The molecule has 1 amide bonds. The molecule has 0 unspecified atom stereocenters. The fourth-order valence-corrected chi connectivity index (χ4v) is 3.14. The molecule has 1 aromatic carbocycles. The first-order valence-electron chi connectivity index (χ1n) is 8.26. The van der Waals surface area contributed by atoms with Crippen molar-refractivity contribution in [3.8, 4) is 0 Å². The van der Waals surface area contributed by atoms with E-state index in [1.807, 2.05) is 38.1 Å². The molecule has 128 valence electrons. The van der Waals surface area contributed by atoms with Crippen LogP contribution in [0.1, 0.15) is 33.7 Å². The molecule has 3 heterocycles. The molecular weight excluding hydrogens is 318 g/mol. The zero-order valence-corrected chi connectivity index (χ0v) is 14.2. The summed E-state index contributed by atoms with van der Waals surface area (Å²) in [5.41, 5.74) is 4.14. The van der Waals surface area contributed by atoms with Crippen molar-refractivity contribution >= 4 is 16.9 Å². The van der Waals surface area contributed by atoms with Crippen LogP contribution in [0.5, 0.6) is 0 Å². The van der Waals surface area contributed by atoms with Gasteiger partial charge in [0.2, 0.25) is 0 Å². The predicted octanol–water partition coefficient (Wildman–Crippen LogP) is 2.18. The van der Waals surface area contributed by atoms with Crippen molar-refractivity contribution in [1.82, 2.24) is 24.8 Å². The van der Waals surface area contributed by atoms with E-state index in [4.69, 9.17) is 4.74 Å². The summed E-state index contributed by atoms with van der Waals surface area (Å²) in [5.74, 6) is 0.619. The number of H-pyrrole nitrogens is 1. The molecule has 2 aromatic heterocycles. The Morgan fingerprint density at radius 1 is 1.24 bits per heavy atom. The number of carbonyl (C=O) groups is 1. The summed E-state index contributed by atoms with van der Waals surface area (Å²) in [5, 5.41) is 0. The van der Waals surface area contributed by atoms with Crippen LogP contribution in [0.2, 0.25) is 0 Å². The van der Waals surface area contributed by atoms with Gasteiger partial charge < -0.3 is 14.6 Å². The maximum Gasteiger partial charge on any atom is 0.254 e. The smallest absolute Gasteiger partial charge is 0.254 e. The Morgan fingerprint density at radius 3 is 2.84 bits per heavy atom. The fraction of sp³-hybridized carbons (Fsp3) is 0.333. The number of hydrogen-bond donors (Lipinski definition) is 1. The molecule has 1 N–H and O–H groups in total. The molecule has 0 spiro atoms. The first-order chi connectivity index (χ1) is 12.1. The molecule has 0 aliphatic carbocycles. The first-order valence-corrected chi connectivity index (χ1v) is 8.26. The number of morpholine rings is 1. The van der Waals surface area contributed by atoms with Crippen LogP contribution < -0.4 is 0 Å². The number of nitrogens with one attached hydrogen (secondary N) is 1. The second kappa shape index (κ2) is 6.25. The van der Waals surface area contributed by atoms with Gasteiger partial charge in [-0.25, -0.2) is 15.0 Å². The number of benzene rings is 1. The van der Waals surface area contributed by atoms with Gasteiger partial charge in [-0.3, -0.25) is 4.79 Å². The van der Waals surface area contributed by atoms with Crippen LogP contribution in [0.4, 0.5) is 0 Å². The third kappa shape index (κ3) is 3.10. The highest BCUT2D eigenvalue weighted by molar-refractivity contribution is 5.97. The van der Waals surface area contributed by atoms with Crippen LogP contribution >= 0.6 is 0 Å². The van der Waals surface area contributed by atoms with E-state index in [-0.39, 0.29) is 12.0 Å². The van der Waals surface area contributed by atoms with Gasteiger partial charge in [0.15, 0.2) is 5.82 Å². The van der Waals surface area contributed by atoms with Gasteiger partial charge in [0, 0.05) is 23.5 Å². The van der Waals surface area contributed by atoms with Crippen LogP contribution in [0.3, 0.4) is 0 Å². The van der Waals surface area contributed by atoms with E-state index in [0.717, 1.165) is 22.4 Å². The van der Waals surface area contributed by atoms with Gasteiger partial charge in [-0.05, 0) is 38.1 Å². The second-order valence-electron chi connectivity index (χ2n) is 6.25. The monoisotopic (exact) mass is 337 g/mol. The van der Waals surface area contributed by atoms with Crippen molar-refractivity contribution < 1.29 is 9.53 Å². The topological polar surface area (TPSA) is 84.0 Å². The van der Waals surface area contributed by atoms with E-state index in [1.165, 1.54) is 0 Å². The summed E-state index contributed by atoms with van der Waals surface area (Å²) in [7, 11) is 0. The SMILES string of the molecule is Cc1cc(C)nc([C@H]2CN(C(=O)c3ccc4nc[nH]c4c3)CCO2)n1. The standard InChI is InChI=1S/C18H19N5O2/c1-11-7-12(2)22-17(21-11)16-9-23(5-6-25-16)18(24)13-3-4-14-15(8-13)20-10-19-14/h3-4,7-8,10,16H,5-6,9H2,1-2H3,(H,19,20)/t16-/m1/s1. The molecular formula is C18H19N5O2. The molecule has 0 bridgehead atoms. The number of rotatable bonds is 2. The van der Waals surface area contributed by atoms with E-state index in [0.29, 0.717) is 31.1 Å². The summed E-state index contributed by atoms with van der Waals surface area (Å²) in [4.78, 5) is 30.8. The van der Waals surface area contributed by atoms with Gasteiger partial charge in [-0.1, -0.05) is 0 Å². The summed E-state index contributed by atoms with van der Waals surface area (Å²) >= 11 is 0. The molecule has 0 radical (unpaired) electrons. The lowest BCUT2D eigenvalue weighted by Gasteiger charge is -2.32. The average Bonchev–Trinajstić information content (AvgIpc) is 3.08. The minimum atomic E-state index is -0.299. The molecule has 25 heavy (non-hydrogen) atoms. The van der Waals surface area contributed by atoms with E-state index in [2.05, 4.69) is 19.9 Å². The van der Waals surface area contributed by atoms with Gasteiger partial charge in [0.05, 0.1) is 30.5 Å². The molecule has 1 fully saturated rings.